The molecule has 0 fully saturated rings. The fourth-order valence-electron chi connectivity index (χ4n) is 3.74. The number of aromatic amines is 1. The van der Waals surface area contributed by atoms with E-state index in [1.165, 1.54) is 11.3 Å². The SMILES string of the molecule is COc1ccc2[nH]c(=O)c3sccc3c2c1C1=CCC(CN(C)C)C=C1. The molecule has 1 atom stereocenters. The summed E-state index contributed by atoms with van der Waals surface area (Å²) in [4.78, 5) is 17.6. The highest BCUT2D eigenvalue weighted by Gasteiger charge is 2.19. The van der Waals surface area contributed by atoms with Gasteiger partial charge in [-0.05, 0) is 55.6 Å². The van der Waals surface area contributed by atoms with Gasteiger partial charge in [-0.15, -0.1) is 11.3 Å². The van der Waals surface area contributed by atoms with Crippen molar-refractivity contribution in [2.45, 2.75) is 6.42 Å². The first-order chi connectivity index (χ1) is 12.6. The van der Waals surface area contributed by atoms with Gasteiger partial charge < -0.3 is 14.6 Å². The fraction of sp³-hybridized carbons (Fsp3) is 0.286. The van der Waals surface area contributed by atoms with Crippen molar-refractivity contribution in [1.82, 2.24) is 9.88 Å². The quantitative estimate of drug-likeness (QED) is 0.750. The molecule has 4 nitrogen and oxygen atoms in total. The van der Waals surface area contributed by atoms with Crippen LogP contribution in [0, 0.1) is 5.92 Å². The molecule has 1 aliphatic carbocycles. The summed E-state index contributed by atoms with van der Waals surface area (Å²) in [6.07, 6.45) is 7.76. The molecule has 3 aromatic rings. The first kappa shape index (κ1) is 17.1. The number of hydrogen-bond donors (Lipinski definition) is 1. The van der Waals surface area contributed by atoms with E-state index in [4.69, 9.17) is 4.74 Å². The Morgan fingerprint density at radius 3 is 2.85 bits per heavy atom. The molecule has 2 aromatic heterocycles. The molecule has 5 heteroatoms. The smallest absolute Gasteiger partial charge is 0.266 e. The van der Waals surface area contributed by atoms with Gasteiger partial charge in [-0.2, -0.15) is 0 Å². The first-order valence-corrected chi connectivity index (χ1v) is 9.60. The third kappa shape index (κ3) is 2.87. The summed E-state index contributed by atoms with van der Waals surface area (Å²) >= 11 is 1.48. The van der Waals surface area contributed by atoms with Crippen LogP contribution in [-0.2, 0) is 0 Å². The lowest BCUT2D eigenvalue weighted by Gasteiger charge is -2.21. The Bertz CT molecular complexity index is 1090. The number of nitrogens with zero attached hydrogens (tertiary/aromatic N) is 1. The molecule has 0 amide bonds. The largest absolute Gasteiger partial charge is 0.496 e. The topological polar surface area (TPSA) is 45.3 Å². The van der Waals surface area contributed by atoms with Crippen LogP contribution in [0.1, 0.15) is 12.0 Å². The van der Waals surface area contributed by atoms with Crippen LogP contribution in [0.2, 0.25) is 0 Å². The Hall–Kier alpha value is -2.37. The van der Waals surface area contributed by atoms with E-state index >= 15 is 0 Å². The molecule has 0 saturated heterocycles. The number of ether oxygens (including phenoxy) is 1. The summed E-state index contributed by atoms with van der Waals surface area (Å²) < 4.78 is 6.44. The minimum Gasteiger partial charge on any atom is -0.496 e. The first-order valence-electron chi connectivity index (χ1n) is 8.72. The van der Waals surface area contributed by atoms with Crippen molar-refractivity contribution in [3.05, 3.63) is 57.7 Å². The van der Waals surface area contributed by atoms with E-state index in [-0.39, 0.29) is 5.56 Å². The average Bonchev–Trinajstić information content (AvgIpc) is 3.12. The second-order valence-electron chi connectivity index (χ2n) is 6.96. The molecule has 0 bridgehead atoms. The third-order valence-electron chi connectivity index (χ3n) is 4.85. The maximum Gasteiger partial charge on any atom is 0.266 e. The molecule has 0 spiro atoms. The Morgan fingerprint density at radius 1 is 1.31 bits per heavy atom. The van der Waals surface area contributed by atoms with Crippen molar-refractivity contribution in [2.75, 3.05) is 27.7 Å². The Kier molecular flexibility index (Phi) is 4.42. The van der Waals surface area contributed by atoms with Crippen LogP contribution in [-0.4, -0.2) is 37.6 Å². The van der Waals surface area contributed by atoms with Crippen LogP contribution < -0.4 is 10.3 Å². The van der Waals surface area contributed by atoms with E-state index in [1.807, 2.05) is 23.6 Å². The van der Waals surface area contributed by atoms with E-state index in [9.17, 15) is 4.79 Å². The van der Waals surface area contributed by atoms with E-state index in [0.717, 1.165) is 50.8 Å². The lowest BCUT2D eigenvalue weighted by atomic mass is 9.90. The summed E-state index contributed by atoms with van der Waals surface area (Å²) in [7, 11) is 5.90. The van der Waals surface area contributed by atoms with Crippen molar-refractivity contribution >= 4 is 37.9 Å². The Balaban J connectivity index is 1.92. The van der Waals surface area contributed by atoms with Crippen molar-refractivity contribution in [2.24, 2.45) is 5.92 Å². The van der Waals surface area contributed by atoms with Gasteiger partial charge in [0.15, 0.2) is 0 Å². The second-order valence-corrected chi connectivity index (χ2v) is 7.88. The van der Waals surface area contributed by atoms with Crippen molar-refractivity contribution in [3.63, 3.8) is 0 Å². The molecule has 0 saturated carbocycles. The molecule has 134 valence electrons. The van der Waals surface area contributed by atoms with E-state index in [1.54, 1.807) is 7.11 Å². The van der Waals surface area contributed by atoms with Crippen molar-refractivity contribution < 1.29 is 4.74 Å². The fourth-order valence-corrected chi connectivity index (χ4v) is 4.54. The highest BCUT2D eigenvalue weighted by Crippen LogP contribution is 2.39. The standard InChI is InChI=1S/C21H22N2O2S/c1-23(2)12-13-4-6-14(7-5-13)18-17(25-3)9-8-16-19(18)15-10-11-26-20(15)21(24)22-16/h4,6-11,13H,5,12H2,1-3H3,(H,22,24). The van der Waals surface area contributed by atoms with Gasteiger partial charge in [0.1, 0.15) is 10.4 Å². The number of methoxy groups -OCH3 is 1. The lowest BCUT2D eigenvalue weighted by molar-refractivity contribution is 0.359. The molecule has 1 unspecified atom stereocenters. The summed E-state index contributed by atoms with van der Waals surface area (Å²) in [5.41, 5.74) is 3.03. The lowest BCUT2D eigenvalue weighted by Crippen LogP contribution is -2.20. The van der Waals surface area contributed by atoms with Gasteiger partial charge in [-0.25, -0.2) is 0 Å². The predicted molar refractivity (Wildman–Crippen MR) is 110 cm³/mol. The molecule has 1 aliphatic rings. The maximum absolute atomic E-state index is 12.3. The van der Waals surface area contributed by atoms with E-state index in [0.29, 0.717) is 5.92 Å². The third-order valence-corrected chi connectivity index (χ3v) is 5.77. The molecule has 2 heterocycles. The average molecular weight is 366 g/mol. The molecule has 1 aromatic carbocycles. The van der Waals surface area contributed by atoms with Gasteiger partial charge in [0.25, 0.3) is 5.56 Å². The summed E-state index contributed by atoms with van der Waals surface area (Å²) in [6, 6.07) is 5.90. The Labute approximate surface area is 156 Å². The number of fused-ring (bicyclic) bond motifs is 3. The number of hydrogen-bond acceptors (Lipinski definition) is 4. The van der Waals surface area contributed by atoms with Crippen LogP contribution >= 0.6 is 11.3 Å². The number of pyridine rings is 1. The molecular weight excluding hydrogens is 344 g/mol. The predicted octanol–water partition coefficient (Wildman–Crippen LogP) is 4.27. The van der Waals surface area contributed by atoms with E-state index < -0.39 is 0 Å². The number of rotatable bonds is 4. The highest BCUT2D eigenvalue weighted by atomic mass is 32.1. The van der Waals surface area contributed by atoms with Gasteiger partial charge >= 0.3 is 0 Å². The molecule has 26 heavy (non-hydrogen) atoms. The van der Waals surface area contributed by atoms with Gasteiger partial charge in [-0.3, -0.25) is 4.79 Å². The normalized spacial score (nSPS) is 17.2. The van der Waals surface area contributed by atoms with Crippen LogP contribution in [0.5, 0.6) is 5.75 Å². The second kappa shape index (κ2) is 6.74. The molecule has 0 aliphatic heterocycles. The monoisotopic (exact) mass is 366 g/mol. The number of allylic oxidation sites excluding steroid dienone is 3. The van der Waals surface area contributed by atoms with E-state index in [2.05, 4.69) is 42.2 Å². The summed E-state index contributed by atoms with van der Waals surface area (Å²) in [6.45, 7) is 1.04. The number of nitrogens with one attached hydrogen (secondary N) is 1. The van der Waals surface area contributed by atoms with Gasteiger partial charge in [0, 0.05) is 28.4 Å². The minimum absolute atomic E-state index is 0.0298. The van der Waals surface area contributed by atoms with Gasteiger partial charge in [0.2, 0.25) is 0 Å². The number of H-pyrrole nitrogens is 1. The minimum atomic E-state index is -0.0298. The van der Waals surface area contributed by atoms with Gasteiger partial charge in [-0.1, -0.05) is 18.2 Å². The molecule has 0 radical (unpaired) electrons. The number of aromatic nitrogens is 1. The van der Waals surface area contributed by atoms with Crippen molar-refractivity contribution in [3.8, 4) is 5.75 Å². The number of benzene rings is 1. The highest BCUT2D eigenvalue weighted by molar-refractivity contribution is 7.17. The molecular formula is C21H22N2O2S. The summed E-state index contributed by atoms with van der Waals surface area (Å²) in [5.74, 6) is 1.36. The van der Waals surface area contributed by atoms with Crippen molar-refractivity contribution in [1.29, 1.82) is 0 Å². The maximum atomic E-state index is 12.3. The molecule has 1 N–H and O–H groups in total. The number of thiophene rings is 1. The Morgan fingerprint density at radius 2 is 2.15 bits per heavy atom. The van der Waals surface area contributed by atoms with Crippen LogP contribution in [0.25, 0.3) is 26.6 Å². The zero-order chi connectivity index (χ0) is 18.3. The summed E-state index contributed by atoms with van der Waals surface area (Å²) in [5, 5.41) is 4.02. The zero-order valence-electron chi connectivity index (χ0n) is 15.2. The van der Waals surface area contributed by atoms with Crippen LogP contribution in [0.3, 0.4) is 0 Å². The van der Waals surface area contributed by atoms with Gasteiger partial charge in [0.05, 0.1) is 7.11 Å². The van der Waals surface area contributed by atoms with Crippen LogP contribution in [0.4, 0.5) is 0 Å². The zero-order valence-corrected chi connectivity index (χ0v) is 16.0. The van der Waals surface area contributed by atoms with Crippen LogP contribution in [0.15, 0.2) is 46.6 Å². The molecule has 4 rings (SSSR count).